The highest BCUT2D eigenvalue weighted by Crippen LogP contribution is 2.29. The molecule has 2 fully saturated rings. The Morgan fingerprint density at radius 3 is 2.30 bits per heavy atom. The van der Waals surface area contributed by atoms with Gasteiger partial charge in [-0.05, 0) is 67.2 Å². The summed E-state index contributed by atoms with van der Waals surface area (Å²) in [5.74, 6) is 1.63. The first-order chi connectivity index (χ1) is 15.2. The SMILES string of the molecule is Cl.Cl.Oc1cccc(C2CCN(CC(O)COc3ccc(CN4CCNCC4)cc3)CC2)c1. The molecule has 2 aromatic carbocycles. The topological polar surface area (TPSA) is 68.2 Å². The minimum Gasteiger partial charge on any atom is -0.508 e. The first kappa shape index (κ1) is 27.7. The molecule has 33 heavy (non-hydrogen) atoms. The van der Waals surface area contributed by atoms with Gasteiger partial charge in [-0.3, -0.25) is 4.90 Å². The van der Waals surface area contributed by atoms with E-state index in [0.29, 0.717) is 24.8 Å². The highest BCUT2D eigenvalue weighted by atomic mass is 35.5. The number of aliphatic hydroxyl groups is 1. The van der Waals surface area contributed by atoms with Crippen LogP contribution in [0.3, 0.4) is 0 Å². The first-order valence-electron chi connectivity index (χ1n) is 11.5. The van der Waals surface area contributed by atoms with E-state index < -0.39 is 6.10 Å². The number of β-amino-alcohol motifs (C(OH)–C–C–N with tert-alkyl or cyclic N) is 1. The molecule has 0 aliphatic carbocycles. The van der Waals surface area contributed by atoms with Crippen LogP contribution in [0.5, 0.6) is 11.5 Å². The number of piperazine rings is 1. The van der Waals surface area contributed by atoms with E-state index in [2.05, 4.69) is 33.3 Å². The standard InChI is InChI=1S/C25H35N3O3.2ClH/c29-23-3-1-2-22(16-23)21-8-12-27(13-9-21)18-24(30)19-31-25-6-4-20(5-7-25)17-28-14-10-26-11-15-28;;/h1-7,16,21,24,26,29-30H,8-15,17-19H2;2*1H. The summed E-state index contributed by atoms with van der Waals surface area (Å²) < 4.78 is 5.83. The Balaban J connectivity index is 0.00000193. The Morgan fingerprint density at radius 2 is 1.64 bits per heavy atom. The van der Waals surface area contributed by atoms with Crippen LogP contribution in [0.4, 0.5) is 0 Å². The Labute approximate surface area is 209 Å². The van der Waals surface area contributed by atoms with Gasteiger partial charge in [-0.15, -0.1) is 24.8 Å². The number of phenolic OH excluding ortho intramolecular Hbond substituents is 1. The van der Waals surface area contributed by atoms with Crippen LogP contribution in [0, 0.1) is 0 Å². The van der Waals surface area contributed by atoms with E-state index in [4.69, 9.17) is 4.74 Å². The lowest BCUT2D eigenvalue weighted by atomic mass is 9.89. The number of likely N-dealkylation sites (tertiary alicyclic amines) is 1. The maximum atomic E-state index is 10.4. The molecule has 4 rings (SSSR count). The fourth-order valence-electron chi connectivity index (χ4n) is 4.59. The number of aromatic hydroxyl groups is 1. The number of hydrogen-bond acceptors (Lipinski definition) is 6. The molecule has 6 nitrogen and oxygen atoms in total. The maximum Gasteiger partial charge on any atom is 0.119 e. The number of ether oxygens (including phenoxy) is 1. The van der Waals surface area contributed by atoms with Gasteiger partial charge in [0, 0.05) is 39.3 Å². The average Bonchev–Trinajstić information content (AvgIpc) is 2.80. The van der Waals surface area contributed by atoms with Gasteiger partial charge in [0.15, 0.2) is 0 Å². The van der Waals surface area contributed by atoms with E-state index >= 15 is 0 Å². The molecule has 2 aliphatic rings. The molecular weight excluding hydrogens is 461 g/mol. The molecule has 2 aromatic rings. The fraction of sp³-hybridized carbons (Fsp3) is 0.520. The number of phenols is 1. The fourth-order valence-corrected chi connectivity index (χ4v) is 4.59. The zero-order valence-corrected chi connectivity index (χ0v) is 20.7. The van der Waals surface area contributed by atoms with Crippen LogP contribution in [-0.4, -0.2) is 78.5 Å². The number of piperidine rings is 1. The van der Waals surface area contributed by atoms with Crippen molar-refractivity contribution in [3.8, 4) is 11.5 Å². The summed E-state index contributed by atoms with van der Waals surface area (Å²) in [5.41, 5.74) is 2.51. The van der Waals surface area contributed by atoms with Gasteiger partial charge in [-0.2, -0.15) is 0 Å². The van der Waals surface area contributed by atoms with E-state index in [1.165, 1.54) is 11.1 Å². The van der Waals surface area contributed by atoms with Crippen molar-refractivity contribution >= 4 is 24.8 Å². The first-order valence-corrected chi connectivity index (χ1v) is 11.5. The van der Waals surface area contributed by atoms with Crippen LogP contribution in [0.1, 0.15) is 29.9 Å². The maximum absolute atomic E-state index is 10.4. The third kappa shape index (κ3) is 8.63. The van der Waals surface area contributed by atoms with Crippen molar-refractivity contribution in [2.24, 2.45) is 0 Å². The van der Waals surface area contributed by atoms with Gasteiger partial charge in [0.2, 0.25) is 0 Å². The molecule has 0 aromatic heterocycles. The Kier molecular flexibility index (Phi) is 11.7. The highest BCUT2D eigenvalue weighted by Gasteiger charge is 2.22. The van der Waals surface area contributed by atoms with Gasteiger partial charge in [-0.25, -0.2) is 0 Å². The predicted molar refractivity (Wildman–Crippen MR) is 137 cm³/mol. The van der Waals surface area contributed by atoms with Crippen LogP contribution in [0.15, 0.2) is 48.5 Å². The zero-order chi connectivity index (χ0) is 21.5. The van der Waals surface area contributed by atoms with Crippen molar-refractivity contribution in [2.75, 3.05) is 52.4 Å². The predicted octanol–water partition coefficient (Wildman–Crippen LogP) is 3.26. The number of rotatable bonds is 8. The average molecular weight is 498 g/mol. The van der Waals surface area contributed by atoms with E-state index in [0.717, 1.165) is 64.4 Å². The zero-order valence-electron chi connectivity index (χ0n) is 19.1. The molecule has 0 radical (unpaired) electrons. The van der Waals surface area contributed by atoms with Crippen LogP contribution in [0.2, 0.25) is 0 Å². The number of nitrogens with zero attached hydrogens (tertiary/aromatic N) is 2. The van der Waals surface area contributed by atoms with Gasteiger partial charge in [0.05, 0.1) is 0 Å². The summed E-state index contributed by atoms with van der Waals surface area (Å²) in [7, 11) is 0. The molecule has 8 heteroatoms. The second-order valence-corrected chi connectivity index (χ2v) is 8.80. The molecule has 0 amide bonds. The van der Waals surface area contributed by atoms with Gasteiger partial charge in [0.1, 0.15) is 24.2 Å². The lowest BCUT2D eigenvalue weighted by molar-refractivity contribution is 0.0594. The smallest absolute Gasteiger partial charge is 0.119 e. The van der Waals surface area contributed by atoms with Gasteiger partial charge < -0.3 is 25.2 Å². The minimum atomic E-state index is -0.502. The third-order valence-electron chi connectivity index (χ3n) is 6.38. The van der Waals surface area contributed by atoms with Gasteiger partial charge in [0.25, 0.3) is 0 Å². The minimum absolute atomic E-state index is 0. The Hall–Kier alpha value is -1.54. The van der Waals surface area contributed by atoms with E-state index in [1.54, 1.807) is 6.07 Å². The Morgan fingerprint density at radius 1 is 0.939 bits per heavy atom. The lowest BCUT2D eigenvalue weighted by Crippen LogP contribution is -2.42. The molecule has 0 saturated carbocycles. The molecule has 0 spiro atoms. The number of aliphatic hydroxyl groups excluding tert-OH is 1. The molecule has 2 heterocycles. The molecule has 3 N–H and O–H groups in total. The number of halogens is 2. The van der Waals surface area contributed by atoms with Crippen LogP contribution >= 0.6 is 24.8 Å². The summed E-state index contributed by atoms with van der Waals surface area (Å²) in [5, 5.41) is 23.5. The second-order valence-electron chi connectivity index (χ2n) is 8.80. The molecule has 1 unspecified atom stereocenters. The van der Waals surface area contributed by atoms with Crippen molar-refractivity contribution in [1.82, 2.24) is 15.1 Å². The molecule has 2 saturated heterocycles. The molecule has 184 valence electrons. The molecule has 0 bridgehead atoms. The van der Waals surface area contributed by atoms with Crippen molar-refractivity contribution in [1.29, 1.82) is 0 Å². The number of nitrogens with one attached hydrogen (secondary N) is 1. The van der Waals surface area contributed by atoms with Crippen LogP contribution in [-0.2, 0) is 6.54 Å². The summed E-state index contributed by atoms with van der Waals surface area (Å²) in [6, 6.07) is 15.8. The lowest BCUT2D eigenvalue weighted by Gasteiger charge is -2.33. The summed E-state index contributed by atoms with van der Waals surface area (Å²) in [6.07, 6.45) is 1.59. The summed E-state index contributed by atoms with van der Waals surface area (Å²) >= 11 is 0. The number of benzene rings is 2. The quantitative estimate of drug-likeness (QED) is 0.519. The number of hydrogen-bond donors (Lipinski definition) is 3. The normalized spacial score (nSPS) is 18.7. The summed E-state index contributed by atoms with van der Waals surface area (Å²) in [4.78, 5) is 4.77. The van der Waals surface area contributed by atoms with Crippen molar-refractivity contribution < 1.29 is 14.9 Å². The molecular formula is C25H37Cl2N3O3. The van der Waals surface area contributed by atoms with Crippen molar-refractivity contribution in [3.05, 3.63) is 59.7 Å². The third-order valence-corrected chi connectivity index (χ3v) is 6.38. The second kappa shape index (κ2) is 14.0. The van der Waals surface area contributed by atoms with E-state index in [-0.39, 0.29) is 24.8 Å². The van der Waals surface area contributed by atoms with Crippen molar-refractivity contribution in [3.63, 3.8) is 0 Å². The van der Waals surface area contributed by atoms with Gasteiger partial charge >= 0.3 is 0 Å². The Bertz CT molecular complexity index is 811. The van der Waals surface area contributed by atoms with Gasteiger partial charge in [-0.1, -0.05) is 24.3 Å². The monoisotopic (exact) mass is 497 g/mol. The largest absolute Gasteiger partial charge is 0.508 e. The molecule has 2 aliphatic heterocycles. The molecule has 1 atom stereocenters. The van der Waals surface area contributed by atoms with Crippen LogP contribution in [0.25, 0.3) is 0 Å². The van der Waals surface area contributed by atoms with E-state index in [9.17, 15) is 10.2 Å². The van der Waals surface area contributed by atoms with Crippen LogP contribution < -0.4 is 10.1 Å². The highest BCUT2D eigenvalue weighted by molar-refractivity contribution is 5.85. The summed E-state index contributed by atoms with van der Waals surface area (Å²) in [6.45, 7) is 8.14. The van der Waals surface area contributed by atoms with E-state index in [1.807, 2.05) is 24.3 Å². The van der Waals surface area contributed by atoms with Crippen molar-refractivity contribution in [2.45, 2.75) is 31.4 Å².